The van der Waals surface area contributed by atoms with Crippen LogP contribution >= 0.6 is 0 Å². The maximum Gasteiger partial charge on any atom is 0.494 e. The van der Waals surface area contributed by atoms with Crippen molar-refractivity contribution in [2.24, 2.45) is 0 Å². The van der Waals surface area contributed by atoms with E-state index in [-0.39, 0.29) is 0 Å². The van der Waals surface area contributed by atoms with Crippen molar-refractivity contribution < 1.29 is 28.4 Å². The number of fused-ring (bicyclic) bond motifs is 1. The van der Waals surface area contributed by atoms with Crippen LogP contribution < -0.4 is 10.4 Å². The molecule has 0 saturated carbocycles. The Morgan fingerprint density at radius 3 is 2.10 bits per heavy atom. The zero-order valence-corrected chi connectivity index (χ0v) is 18.7. The van der Waals surface area contributed by atoms with Crippen LogP contribution in [0.1, 0.15) is 67.9 Å². The Balaban J connectivity index is 2.01. The highest BCUT2D eigenvalue weighted by Crippen LogP contribution is 2.40. The third kappa shape index (κ3) is 3.88. The first-order chi connectivity index (χ1) is 13.0. The third-order valence-electron chi connectivity index (χ3n) is 5.54. The Morgan fingerprint density at radius 2 is 1.59 bits per heavy atom. The second-order valence-corrected chi connectivity index (χ2v) is 10.1. The molecule has 2 aliphatic rings. The van der Waals surface area contributed by atoms with Crippen molar-refractivity contribution in [3.63, 3.8) is 0 Å². The molecule has 2 amide bonds. The lowest BCUT2D eigenvalue weighted by molar-refractivity contribution is 0.00578. The van der Waals surface area contributed by atoms with Crippen molar-refractivity contribution >= 4 is 30.5 Å². The Labute approximate surface area is 172 Å². The molecule has 1 aromatic carbocycles. The number of ether oxygens (including phenoxy) is 2. The van der Waals surface area contributed by atoms with Crippen molar-refractivity contribution in [2.75, 3.05) is 4.90 Å². The minimum absolute atomic E-state index is 0.431. The van der Waals surface area contributed by atoms with Crippen LogP contribution in [0.3, 0.4) is 0 Å². The number of benzene rings is 1. The van der Waals surface area contributed by atoms with Crippen LogP contribution in [0.5, 0.6) is 0 Å². The fourth-order valence-corrected chi connectivity index (χ4v) is 3.25. The van der Waals surface area contributed by atoms with Gasteiger partial charge in [-0.3, -0.25) is 0 Å². The van der Waals surface area contributed by atoms with Crippen LogP contribution in [-0.2, 0) is 24.4 Å². The molecule has 0 aromatic heterocycles. The molecular weight excluding hydrogens is 373 g/mol. The van der Waals surface area contributed by atoms with E-state index in [1.54, 1.807) is 46.8 Å². The van der Waals surface area contributed by atoms with Gasteiger partial charge in [0.25, 0.3) is 0 Å². The monoisotopic (exact) mass is 403 g/mol. The number of amides is 2. The Bertz CT molecular complexity index is 839. The minimum atomic E-state index is -0.926. The SMILES string of the molecule is CC(C)(C)OC(=O)N1C(=O)OC(C)(C)c2cc(B3OC(C)(C)C(C)(C)O3)ccc21. The number of nitrogens with zero attached hydrogens (tertiary/aromatic N) is 1. The number of hydrogen-bond acceptors (Lipinski definition) is 6. The topological polar surface area (TPSA) is 74.3 Å². The van der Waals surface area contributed by atoms with Crippen molar-refractivity contribution in [1.82, 2.24) is 0 Å². The van der Waals surface area contributed by atoms with E-state index in [9.17, 15) is 9.59 Å². The van der Waals surface area contributed by atoms with E-state index in [2.05, 4.69) is 0 Å². The summed E-state index contributed by atoms with van der Waals surface area (Å²) in [5.74, 6) is 0. The van der Waals surface area contributed by atoms with Gasteiger partial charge in [-0.2, -0.15) is 4.90 Å². The fraction of sp³-hybridized carbons (Fsp3) is 0.619. The molecule has 7 nitrogen and oxygen atoms in total. The van der Waals surface area contributed by atoms with E-state index in [0.29, 0.717) is 11.3 Å². The van der Waals surface area contributed by atoms with E-state index < -0.39 is 41.7 Å². The number of hydrogen-bond donors (Lipinski definition) is 0. The second kappa shape index (κ2) is 6.47. The fourth-order valence-electron chi connectivity index (χ4n) is 3.25. The number of anilines is 1. The molecular formula is C21H30BNO6. The smallest absolute Gasteiger partial charge is 0.443 e. The van der Waals surface area contributed by atoms with Gasteiger partial charge in [0.05, 0.1) is 16.9 Å². The summed E-state index contributed by atoms with van der Waals surface area (Å²) in [7, 11) is -0.561. The van der Waals surface area contributed by atoms with Crippen LogP contribution in [0.4, 0.5) is 15.3 Å². The van der Waals surface area contributed by atoms with Crippen LogP contribution in [0.15, 0.2) is 18.2 Å². The first-order valence-corrected chi connectivity index (χ1v) is 9.80. The number of rotatable bonds is 1. The average molecular weight is 403 g/mol. The molecule has 1 fully saturated rings. The van der Waals surface area contributed by atoms with Crippen molar-refractivity contribution in [3.8, 4) is 0 Å². The van der Waals surface area contributed by atoms with Gasteiger partial charge in [-0.25, -0.2) is 9.59 Å². The Morgan fingerprint density at radius 1 is 1.03 bits per heavy atom. The number of imide groups is 1. The highest BCUT2D eigenvalue weighted by Gasteiger charge is 2.52. The van der Waals surface area contributed by atoms with Crippen molar-refractivity contribution in [2.45, 2.75) is 84.7 Å². The molecule has 0 unspecified atom stereocenters. The molecule has 0 N–H and O–H groups in total. The molecule has 0 radical (unpaired) electrons. The lowest BCUT2D eigenvalue weighted by Crippen LogP contribution is -2.49. The van der Waals surface area contributed by atoms with Crippen LogP contribution in [0.25, 0.3) is 0 Å². The number of carbonyl (C=O) groups is 2. The van der Waals surface area contributed by atoms with Crippen molar-refractivity contribution in [1.29, 1.82) is 0 Å². The highest BCUT2D eigenvalue weighted by atomic mass is 16.7. The van der Waals surface area contributed by atoms with E-state index in [4.69, 9.17) is 18.8 Å². The molecule has 29 heavy (non-hydrogen) atoms. The van der Waals surface area contributed by atoms with E-state index >= 15 is 0 Å². The van der Waals surface area contributed by atoms with E-state index in [1.807, 2.05) is 33.8 Å². The van der Waals surface area contributed by atoms with Crippen LogP contribution in [-0.4, -0.2) is 36.1 Å². The van der Waals surface area contributed by atoms with Crippen molar-refractivity contribution in [3.05, 3.63) is 23.8 Å². The summed E-state index contributed by atoms with van der Waals surface area (Å²) < 4.78 is 23.2. The predicted octanol–water partition coefficient (Wildman–Crippen LogP) is 4.11. The molecule has 0 atom stereocenters. The van der Waals surface area contributed by atoms with E-state index in [1.165, 1.54) is 0 Å². The molecule has 158 valence electrons. The zero-order chi connectivity index (χ0) is 22.0. The number of carbonyl (C=O) groups excluding carboxylic acids is 2. The van der Waals surface area contributed by atoms with Gasteiger partial charge < -0.3 is 18.8 Å². The lowest BCUT2D eigenvalue weighted by atomic mass is 9.76. The largest absolute Gasteiger partial charge is 0.494 e. The standard InChI is InChI=1S/C21H30BNO6/c1-18(2,3)26-16(24)23-15-11-10-13(12-14(15)19(4,5)27-17(23)25)22-28-20(6,7)21(8,9)29-22/h10-12H,1-9H3. The summed E-state index contributed by atoms with van der Waals surface area (Å²) in [4.78, 5) is 26.2. The van der Waals surface area contributed by atoms with Gasteiger partial charge in [0, 0.05) is 5.56 Å². The van der Waals surface area contributed by atoms with Crippen LogP contribution in [0.2, 0.25) is 0 Å². The predicted molar refractivity (Wildman–Crippen MR) is 110 cm³/mol. The normalized spacial score (nSPS) is 22.2. The minimum Gasteiger partial charge on any atom is -0.443 e. The summed E-state index contributed by atoms with van der Waals surface area (Å²) >= 11 is 0. The van der Waals surface area contributed by atoms with Gasteiger partial charge in [-0.05, 0) is 73.8 Å². The first-order valence-electron chi connectivity index (χ1n) is 9.80. The summed E-state index contributed by atoms with van der Waals surface area (Å²) in [5.41, 5.74) is -0.720. The highest BCUT2D eigenvalue weighted by molar-refractivity contribution is 6.62. The Kier molecular flexibility index (Phi) is 4.83. The maximum atomic E-state index is 12.7. The summed E-state index contributed by atoms with van der Waals surface area (Å²) in [6, 6.07) is 5.37. The molecule has 0 bridgehead atoms. The van der Waals surface area contributed by atoms with E-state index in [0.717, 1.165) is 10.4 Å². The van der Waals surface area contributed by atoms with Crippen LogP contribution in [0, 0.1) is 0 Å². The number of cyclic esters (lactones) is 1. The second-order valence-electron chi connectivity index (χ2n) is 10.1. The third-order valence-corrected chi connectivity index (χ3v) is 5.54. The summed E-state index contributed by atoms with van der Waals surface area (Å²) in [6.45, 7) is 16.7. The zero-order valence-electron chi connectivity index (χ0n) is 18.7. The molecule has 1 saturated heterocycles. The molecule has 2 aliphatic heterocycles. The molecule has 1 aromatic rings. The Hall–Kier alpha value is -2.06. The lowest BCUT2D eigenvalue weighted by Gasteiger charge is -2.38. The maximum absolute atomic E-state index is 12.7. The molecule has 8 heteroatoms. The quantitative estimate of drug-likeness (QED) is 0.657. The van der Waals surface area contributed by atoms with Gasteiger partial charge in [0.2, 0.25) is 0 Å². The molecule has 2 heterocycles. The molecule has 3 rings (SSSR count). The van der Waals surface area contributed by atoms with Gasteiger partial charge in [-0.1, -0.05) is 12.1 Å². The van der Waals surface area contributed by atoms with Gasteiger partial charge in [-0.15, -0.1) is 0 Å². The van der Waals surface area contributed by atoms with Gasteiger partial charge in [0.1, 0.15) is 11.2 Å². The summed E-state index contributed by atoms with van der Waals surface area (Å²) in [6.07, 6.45) is -1.54. The first kappa shape index (κ1) is 21.6. The van der Waals surface area contributed by atoms with Gasteiger partial charge in [0.15, 0.2) is 0 Å². The average Bonchev–Trinajstić information content (AvgIpc) is 2.72. The molecule has 0 aliphatic carbocycles. The summed E-state index contributed by atoms with van der Waals surface area (Å²) in [5, 5.41) is 0. The van der Waals surface area contributed by atoms with Gasteiger partial charge >= 0.3 is 19.3 Å². The molecule has 0 spiro atoms.